The van der Waals surface area contributed by atoms with E-state index in [-0.39, 0.29) is 29.2 Å². The van der Waals surface area contributed by atoms with Gasteiger partial charge in [0, 0.05) is 17.7 Å². The molecule has 0 unspecified atom stereocenters. The SMILES string of the molecule is N[C@H]1C/C=C/CCC(=O)Nc2cc(NC(=O)OCC(=O)O)ccc2-c2nc1[nH]c2Cl. The van der Waals surface area contributed by atoms with Crippen LogP contribution in [0.25, 0.3) is 11.3 Å². The summed E-state index contributed by atoms with van der Waals surface area (Å²) in [5.41, 5.74) is 7.75. The number of carboxylic acid groups (broad SMARTS) is 1. The van der Waals surface area contributed by atoms with Gasteiger partial charge in [0.25, 0.3) is 0 Å². The number of aromatic nitrogens is 2. The van der Waals surface area contributed by atoms with E-state index < -0.39 is 18.7 Å². The van der Waals surface area contributed by atoms with Crippen LogP contribution in [-0.4, -0.2) is 39.7 Å². The van der Waals surface area contributed by atoms with Crippen molar-refractivity contribution in [3.8, 4) is 11.3 Å². The van der Waals surface area contributed by atoms with Gasteiger partial charge in [0.2, 0.25) is 5.91 Å². The molecular formula is C19H20ClN5O5. The van der Waals surface area contributed by atoms with Crippen LogP contribution in [0.1, 0.15) is 31.1 Å². The van der Waals surface area contributed by atoms with Gasteiger partial charge in [0.1, 0.15) is 16.7 Å². The second kappa shape index (κ2) is 9.42. The smallest absolute Gasteiger partial charge is 0.412 e. The average Bonchev–Trinajstić information content (AvgIpc) is 3.07. The number of carbonyl (C=O) groups is 3. The molecule has 2 amide bonds. The van der Waals surface area contributed by atoms with Gasteiger partial charge < -0.3 is 25.9 Å². The molecule has 1 aromatic heterocycles. The van der Waals surface area contributed by atoms with Crippen LogP contribution in [0, 0.1) is 0 Å². The van der Waals surface area contributed by atoms with E-state index in [1.807, 2.05) is 12.2 Å². The number of nitrogens with one attached hydrogen (secondary N) is 3. The zero-order valence-electron chi connectivity index (χ0n) is 15.8. The van der Waals surface area contributed by atoms with E-state index in [1.165, 1.54) is 6.07 Å². The molecule has 0 spiro atoms. The summed E-state index contributed by atoms with van der Waals surface area (Å²) in [6.45, 7) is -0.771. The zero-order valence-corrected chi connectivity index (χ0v) is 16.5. The van der Waals surface area contributed by atoms with Gasteiger partial charge in [0.05, 0.1) is 11.7 Å². The number of halogens is 1. The first-order chi connectivity index (χ1) is 14.3. The molecule has 1 aliphatic rings. The first-order valence-electron chi connectivity index (χ1n) is 9.09. The second-order valence-electron chi connectivity index (χ2n) is 6.54. The summed E-state index contributed by atoms with van der Waals surface area (Å²) in [6.07, 6.45) is 4.16. The minimum absolute atomic E-state index is 0.234. The molecule has 0 radical (unpaired) electrons. The number of carbonyl (C=O) groups excluding carboxylic acids is 2. The van der Waals surface area contributed by atoms with Crippen LogP contribution in [0.5, 0.6) is 0 Å². The van der Waals surface area contributed by atoms with Crippen molar-refractivity contribution in [3.05, 3.63) is 41.3 Å². The average molecular weight is 434 g/mol. The summed E-state index contributed by atoms with van der Waals surface area (Å²) >= 11 is 6.33. The number of carboxylic acids is 1. The minimum Gasteiger partial charge on any atom is -0.479 e. The maximum absolute atomic E-state index is 12.4. The van der Waals surface area contributed by atoms with E-state index in [2.05, 4.69) is 25.3 Å². The Bertz CT molecular complexity index is 1000. The normalized spacial score (nSPS) is 17.4. The molecule has 2 heterocycles. The van der Waals surface area contributed by atoms with Crippen molar-refractivity contribution < 1.29 is 24.2 Å². The molecule has 0 fully saturated rings. The molecular weight excluding hydrogens is 414 g/mol. The number of rotatable bonds is 3. The van der Waals surface area contributed by atoms with Gasteiger partial charge >= 0.3 is 12.1 Å². The largest absolute Gasteiger partial charge is 0.479 e. The quantitative estimate of drug-likeness (QED) is 0.465. The van der Waals surface area contributed by atoms with Crippen LogP contribution >= 0.6 is 11.6 Å². The number of anilines is 2. The highest BCUT2D eigenvalue weighted by Crippen LogP contribution is 2.35. The van der Waals surface area contributed by atoms with Crippen molar-refractivity contribution in [2.45, 2.75) is 25.3 Å². The predicted octanol–water partition coefficient (Wildman–Crippen LogP) is 3.04. The van der Waals surface area contributed by atoms with E-state index in [0.29, 0.717) is 35.6 Å². The number of hydrogen-bond acceptors (Lipinski definition) is 6. The molecule has 10 nitrogen and oxygen atoms in total. The van der Waals surface area contributed by atoms with Gasteiger partial charge in [-0.2, -0.15) is 0 Å². The van der Waals surface area contributed by atoms with E-state index in [4.69, 9.17) is 22.4 Å². The Morgan fingerprint density at radius 1 is 1.37 bits per heavy atom. The molecule has 1 aliphatic heterocycles. The van der Waals surface area contributed by atoms with Crippen LogP contribution in [0.3, 0.4) is 0 Å². The fourth-order valence-corrected chi connectivity index (χ4v) is 3.08. The van der Waals surface area contributed by atoms with Crippen LogP contribution in [-0.2, 0) is 14.3 Å². The number of hydrogen-bond donors (Lipinski definition) is 5. The van der Waals surface area contributed by atoms with Gasteiger partial charge in [-0.05, 0) is 31.0 Å². The van der Waals surface area contributed by atoms with E-state index >= 15 is 0 Å². The number of amides is 2. The van der Waals surface area contributed by atoms with Crippen LogP contribution < -0.4 is 16.4 Å². The third-order valence-electron chi connectivity index (χ3n) is 4.25. The summed E-state index contributed by atoms with van der Waals surface area (Å²) in [6, 6.07) is 4.30. The molecule has 0 saturated heterocycles. The number of imidazole rings is 1. The van der Waals surface area contributed by atoms with Gasteiger partial charge in [-0.25, -0.2) is 14.6 Å². The van der Waals surface area contributed by atoms with Gasteiger partial charge in [-0.1, -0.05) is 23.8 Å². The lowest BCUT2D eigenvalue weighted by atomic mass is 10.1. The number of ether oxygens (including phenoxy) is 1. The molecule has 30 heavy (non-hydrogen) atoms. The van der Waals surface area contributed by atoms with Crippen molar-refractivity contribution in [2.24, 2.45) is 5.73 Å². The fraction of sp³-hybridized carbons (Fsp3) is 0.263. The van der Waals surface area contributed by atoms with E-state index in [9.17, 15) is 14.4 Å². The first-order valence-corrected chi connectivity index (χ1v) is 9.47. The lowest BCUT2D eigenvalue weighted by Gasteiger charge is -2.13. The maximum Gasteiger partial charge on any atom is 0.412 e. The molecule has 0 aliphatic carbocycles. The third kappa shape index (κ3) is 5.37. The lowest BCUT2D eigenvalue weighted by molar-refractivity contribution is -0.140. The Morgan fingerprint density at radius 3 is 2.93 bits per heavy atom. The molecule has 158 valence electrons. The van der Waals surface area contributed by atoms with Crippen molar-refractivity contribution >= 4 is 40.9 Å². The van der Waals surface area contributed by atoms with Crippen LogP contribution in [0.15, 0.2) is 30.4 Å². The topological polar surface area (TPSA) is 159 Å². The molecule has 11 heteroatoms. The Hall–Kier alpha value is -3.37. The number of allylic oxidation sites excluding steroid dienone is 1. The molecule has 0 saturated carbocycles. The standard InChI is InChI=1S/C19H20ClN5O5/c20-17-16-11-7-6-10(22-19(29)30-9-15(27)28)8-13(11)23-14(26)5-3-1-2-4-12(21)18(24-16)25-17/h1-2,6-8,12H,3-5,9,21H2,(H,22,29)(H,23,26)(H,24,25)(H,27,28)/b2-1+/t12-/m0/s1. The third-order valence-corrected chi connectivity index (χ3v) is 4.52. The number of aromatic amines is 1. The van der Waals surface area contributed by atoms with Crippen molar-refractivity contribution in [1.29, 1.82) is 0 Å². The first kappa shape index (κ1) is 21.3. The summed E-state index contributed by atoms with van der Waals surface area (Å²) in [5.74, 6) is -1.00. The van der Waals surface area contributed by atoms with E-state index in [1.54, 1.807) is 12.1 Å². The van der Waals surface area contributed by atoms with Gasteiger partial charge in [-0.15, -0.1) is 0 Å². The van der Waals surface area contributed by atoms with Crippen molar-refractivity contribution in [3.63, 3.8) is 0 Å². The van der Waals surface area contributed by atoms with Crippen molar-refractivity contribution in [2.75, 3.05) is 17.2 Å². The summed E-state index contributed by atoms with van der Waals surface area (Å²) in [4.78, 5) is 42.1. The highest BCUT2D eigenvalue weighted by Gasteiger charge is 2.20. The van der Waals surface area contributed by atoms with Crippen LogP contribution in [0.2, 0.25) is 5.15 Å². The molecule has 2 aromatic rings. The predicted molar refractivity (Wildman–Crippen MR) is 110 cm³/mol. The molecule has 3 rings (SSSR count). The molecule has 1 atom stereocenters. The minimum atomic E-state index is -1.28. The molecule has 2 bridgehead atoms. The number of benzene rings is 1. The Morgan fingerprint density at radius 2 is 2.17 bits per heavy atom. The van der Waals surface area contributed by atoms with E-state index in [0.717, 1.165) is 0 Å². The molecule has 1 aromatic carbocycles. The lowest BCUT2D eigenvalue weighted by Crippen LogP contribution is -2.18. The monoisotopic (exact) mass is 433 g/mol. The maximum atomic E-state index is 12.4. The Labute approximate surface area is 176 Å². The van der Waals surface area contributed by atoms with Crippen molar-refractivity contribution in [1.82, 2.24) is 9.97 Å². The summed E-state index contributed by atoms with van der Waals surface area (Å²) in [7, 11) is 0. The number of nitrogens with zero attached hydrogens (tertiary/aromatic N) is 1. The number of fused-ring (bicyclic) bond motifs is 4. The van der Waals surface area contributed by atoms with Gasteiger partial charge in [-0.3, -0.25) is 10.1 Å². The number of aliphatic carboxylic acids is 1. The Kier molecular flexibility index (Phi) is 6.70. The molecule has 6 N–H and O–H groups in total. The Balaban J connectivity index is 1.95. The number of nitrogens with two attached hydrogens (primary N) is 1. The fourth-order valence-electron chi connectivity index (χ4n) is 2.84. The van der Waals surface area contributed by atoms with Crippen LogP contribution in [0.4, 0.5) is 16.2 Å². The summed E-state index contributed by atoms with van der Waals surface area (Å²) in [5, 5.41) is 14.1. The highest BCUT2D eigenvalue weighted by molar-refractivity contribution is 6.32. The zero-order chi connectivity index (χ0) is 21.7. The second-order valence-corrected chi connectivity index (χ2v) is 6.92. The van der Waals surface area contributed by atoms with Gasteiger partial charge in [0.15, 0.2) is 6.61 Å². The highest BCUT2D eigenvalue weighted by atomic mass is 35.5. The number of H-pyrrole nitrogens is 1. The summed E-state index contributed by atoms with van der Waals surface area (Å²) < 4.78 is 4.56.